The molecule has 4 nitrogen and oxygen atoms in total. The molecule has 0 saturated carbocycles. The van der Waals surface area contributed by atoms with Crippen LogP contribution in [0.5, 0.6) is 5.75 Å². The van der Waals surface area contributed by atoms with E-state index in [9.17, 15) is 4.79 Å². The predicted octanol–water partition coefficient (Wildman–Crippen LogP) is 4.13. The number of ether oxygens (including phenoxy) is 2. The molecular weight excluding hydrogens is 298 g/mol. The van der Waals surface area contributed by atoms with Crippen LogP contribution in [0.15, 0.2) is 24.3 Å². The van der Waals surface area contributed by atoms with Gasteiger partial charge >= 0.3 is 5.97 Å². The van der Waals surface area contributed by atoms with Crippen molar-refractivity contribution in [3.8, 4) is 16.9 Å². The van der Waals surface area contributed by atoms with Crippen LogP contribution in [-0.4, -0.2) is 19.7 Å². The van der Waals surface area contributed by atoms with Gasteiger partial charge in [0, 0.05) is 10.4 Å². The summed E-state index contributed by atoms with van der Waals surface area (Å²) in [7, 11) is 1.62. The zero-order chi connectivity index (χ0) is 16.3. The second-order valence-corrected chi connectivity index (χ2v) is 6.75. The third kappa shape index (κ3) is 3.42. The molecule has 2 aromatic rings. The van der Waals surface area contributed by atoms with Gasteiger partial charge < -0.3 is 15.2 Å². The highest BCUT2D eigenvalue weighted by Gasteiger charge is 2.23. The van der Waals surface area contributed by atoms with Crippen LogP contribution >= 0.6 is 11.3 Å². The molecule has 0 amide bonds. The molecule has 1 aromatic heterocycles. The van der Waals surface area contributed by atoms with Crippen LogP contribution in [0.3, 0.4) is 0 Å². The van der Waals surface area contributed by atoms with Gasteiger partial charge in [-0.05, 0) is 30.5 Å². The summed E-state index contributed by atoms with van der Waals surface area (Å²) in [6, 6.07) is 7.58. The molecule has 118 valence electrons. The number of nitrogen functional groups attached to an aromatic ring is 1. The van der Waals surface area contributed by atoms with Gasteiger partial charge in [0.2, 0.25) is 0 Å². The lowest BCUT2D eigenvalue weighted by Gasteiger charge is -2.10. The van der Waals surface area contributed by atoms with Crippen molar-refractivity contribution in [3.63, 3.8) is 0 Å². The van der Waals surface area contributed by atoms with Crippen molar-refractivity contribution >= 4 is 22.3 Å². The molecule has 0 spiro atoms. The number of nitrogens with two attached hydrogens (primary N) is 1. The molecular formula is C17H21NO3S. The van der Waals surface area contributed by atoms with Crippen molar-refractivity contribution in [1.82, 2.24) is 0 Å². The maximum Gasteiger partial charge on any atom is 0.341 e. The first-order chi connectivity index (χ1) is 10.4. The standard InChI is InChI=1S/C17H21NO3S/c1-10(2)9-21-17(19)15-14(11(3)22-16(15)18)12-5-7-13(20-4)8-6-12/h5-8,10H,9,18H2,1-4H3. The molecule has 0 fully saturated rings. The van der Waals surface area contributed by atoms with E-state index in [2.05, 4.69) is 0 Å². The molecule has 2 N–H and O–H groups in total. The second kappa shape index (κ2) is 6.83. The van der Waals surface area contributed by atoms with Crippen molar-refractivity contribution in [2.75, 3.05) is 19.5 Å². The molecule has 0 bridgehead atoms. The van der Waals surface area contributed by atoms with Crippen LogP contribution in [0, 0.1) is 12.8 Å². The number of thiophene rings is 1. The zero-order valence-electron chi connectivity index (χ0n) is 13.3. The lowest BCUT2D eigenvalue weighted by molar-refractivity contribution is 0.0461. The molecule has 0 atom stereocenters. The number of hydrogen-bond donors (Lipinski definition) is 1. The predicted molar refractivity (Wildman–Crippen MR) is 90.6 cm³/mol. The molecule has 0 radical (unpaired) electrons. The largest absolute Gasteiger partial charge is 0.497 e. The number of carbonyl (C=O) groups excluding carboxylic acids is 1. The minimum Gasteiger partial charge on any atom is -0.497 e. The summed E-state index contributed by atoms with van der Waals surface area (Å²) in [5, 5.41) is 0.497. The van der Waals surface area contributed by atoms with Crippen LogP contribution in [0.1, 0.15) is 29.1 Å². The Hall–Kier alpha value is -2.01. The Morgan fingerprint density at radius 2 is 1.91 bits per heavy atom. The molecule has 2 rings (SSSR count). The molecule has 5 heteroatoms. The quantitative estimate of drug-likeness (QED) is 0.842. The highest BCUT2D eigenvalue weighted by molar-refractivity contribution is 7.16. The molecule has 0 unspecified atom stereocenters. The van der Waals surface area contributed by atoms with E-state index in [4.69, 9.17) is 15.2 Å². The molecule has 1 heterocycles. The molecule has 0 aliphatic rings. The lowest BCUT2D eigenvalue weighted by Crippen LogP contribution is -2.11. The SMILES string of the molecule is COc1ccc(-c2c(C)sc(N)c2C(=O)OCC(C)C)cc1. The highest BCUT2D eigenvalue weighted by Crippen LogP contribution is 2.39. The van der Waals surface area contributed by atoms with Gasteiger partial charge in [-0.3, -0.25) is 0 Å². The third-order valence-corrected chi connectivity index (χ3v) is 4.18. The monoisotopic (exact) mass is 319 g/mol. The summed E-state index contributed by atoms with van der Waals surface area (Å²) in [4.78, 5) is 13.4. The maximum atomic E-state index is 12.4. The fraction of sp³-hybridized carbons (Fsp3) is 0.353. The highest BCUT2D eigenvalue weighted by atomic mass is 32.1. The number of hydrogen-bond acceptors (Lipinski definition) is 5. The Morgan fingerprint density at radius 1 is 1.27 bits per heavy atom. The number of esters is 1. The van der Waals surface area contributed by atoms with Crippen LogP contribution in [0.2, 0.25) is 0 Å². The van der Waals surface area contributed by atoms with E-state index in [1.807, 2.05) is 45.0 Å². The zero-order valence-corrected chi connectivity index (χ0v) is 14.1. The Morgan fingerprint density at radius 3 is 2.45 bits per heavy atom. The van der Waals surface area contributed by atoms with Crippen LogP contribution in [-0.2, 0) is 4.74 Å². The molecule has 0 aliphatic carbocycles. The smallest absolute Gasteiger partial charge is 0.341 e. The van der Waals surface area contributed by atoms with Gasteiger partial charge in [-0.1, -0.05) is 26.0 Å². The van der Waals surface area contributed by atoms with Gasteiger partial charge in [-0.15, -0.1) is 11.3 Å². The Balaban J connectivity index is 2.40. The lowest BCUT2D eigenvalue weighted by atomic mass is 10.0. The van der Waals surface area contributed by atoms with E-state index >= 15 is 0 Å². The van der Waals surface area contributed by atoms with E-state index in [1.165, 1.54) is 11.3 Å². The summed E-state index contributed by atoms with van der Waals surface area (Å²) in [6.45, 7) is 6.34. The summed E-state index contributed by atoms with van der Waals surface area (Å²) in [6.07, 6.45) is 0. The first kappa shape index (κ1) is 16.4. The summed E-state index contributed by atoms with van der Waals surface area (Å²) < 4.78 is 10.5. The Kier molecular flexibility index (Phi) is 5.08. The number of methoxy groups -OCH3 is 1. The van der Waals surface area contributed by atoms with Crippen LogP contribution in [0.25, 0.3) is 11.1 Å². The van der Waals surface area contributed by atoms with Crippen LogP contribution < -0.4 is 10.5 Å². The molecule has 0 aliphatic heterocycles. The first-order valence-electron chi connectivity index (χ1n) is 7.14. The van der Waals surface area contributed by atoms with Gasteiger partial charge in [0.15, 0.2) is 0 Å². The van der Waals surface area contributed by atoms with Crippen molar-refractivity contribution in [3.05, 3.63) is 34.7 Å². The fourth-order valence-corrected chi connectivity index (χ4v) is 3.13. The topological polar surface area (TPSA) is 61.5 Å². The van der Waals surface area contributed by atoms with E-state index in [-0.39, 0.29) is 11.9 Å². The van der Waals surface area contributed by atoms with Crippen molar-refractivity contribution in [1.29, 1.82) is 0 Å². The van der Waals surface area contributed by atoms with Gasteiger partial charge in [-0.2, -0.15) is 0 Å². The van der Waals surface area contributed by atoms with Gasteiger partial charge in [0.05, 0.1) is 13.7 Å². The summed E-state index contributed by atoms with van der Waals surface area (Å²) in [5.74, 6) is 0.698. The second-order valence-electron chi connectivity index (χ2n) is 5.49. The number of carbonyl (C=O) groups is 1. The van der Waals surface area contributed by atoms with Crippen LogP contribution in [0.4, 0.5) is 5.00 Å². The van der Waals surface area contributed by atoms with Gasteiger partial charge in [0.25, 0.3) is 0 Å². The summed E-state index contributed by atoms with van der Waals surface area (Å²) >= 11 is 1.41. The minimum absolute atomic E-state index is 0.286. The van der Waals surface area contributed by atoms with E-state index < -0.39 is 0 Å². The average molecular weight is 319 g/mol. The van der Waals surface area contributed by atoms with E-state index in [0.29, 0.717) is 17.2 Å². The Labute approximate surface area is 134 Å². The van der Waals surface area contributed by atoms with Crippen molar-refractivity contribution in [2.24, 2.45) is 5.92 Å². The van der Waals surface area contributed by atoms with Gasteiger partial charge in [0.1, 0.15) is 16.3 Å². The fourth-order valence-electron chi connectivity index (χ4n) is 2.19. The number of aryl methyl sites for hydroxylation is 1. The average Bonchev–Trinajstić information content (AvgIpc) is 2.79. The van der Waals surface area contributed by atoms with E-state index in [0.717, 1.165) is 21.8 Å². The molecule has 22 heavy (non-hydrogen) atoms. The van der Waals surface area contributed by atoms with Crippen molar-refractivity contribution < 1.29 is 14.3 Å². The number of benzene rings is 1. The third-order valence-electron chi connectivity index (χ3n) is 3.24. The van der Waals surface area contributed by atoms with E-state index in [1.54, 1.807) is 7.11 Å². The minimum atomic E-state index is -0.360. The molecule has 1 aromatic carbocycles. The molecule has 0 saturated heterocycles. The number of rotatable bonds is 5. The summed E-state index contributed by atoms with van der Waals surface area (Å²) in [5.41, 5.74) is 8.28. The Bertz CT molecular complexity index is 659. The first-order valence-corrected chi connectivity index (χ1v) is 7.96. The van der Waals surface area contributed by atoms with Gasteiger partial charge in [-0.25, -0.2) is 4.79 Å². The number of anilines is 1. The van der Waals surface area contributed by atoms with Crippen molar-refractivity contribution in [2.45, 2.75) is 20.8 Å². The normalized spacial score (nSPS) is 10.8. The maximum absolute atomic E-state index is 12.4.